The van der Waals surface area contributed by atoms with E-state index >= 15 is 0 Å². The molecule has 41 heavy (non-hydrogen) atoms. The van der Waals surface area contributed by atoms with Gasteiger partial charge in [-0.3, -0.25) is 4.79 Å². The van der Waals surface area contributed by atoms with Crippen molar-refractivity contribution in [1.29, 1.82) is 0 Å². The van der Waals surface area contributed by atoms with Gasteiger partial charge in [0.2, 0.25) is 21.9 Å². The van der Waals surface area contributed by atoms with E-state index in [1.807, 2.05) is 55.4 Å². The van der Waals surface area contributed by atoms with Gasteiger partial charge in [0.1, 0.15) is 11.9 Å². The summed E-state index contributed by atoms with van der Waals surface area (Å²) in [5.41, 5.74) is 1.91. The van der Waals surface area contributed by atoms with E-state index in [1.54, 1.807) is 12.1 Å². The largest absolute Gasteiger partial charge is 0.362 e. The number of amides is 1. The van der Waals surface area contributed by atoms with Crippen molar-refractivity contribution in [2.24, 2.45) is 0 Å². The molecule has 0 bridgehead atoms. The van der Waals surface area contributed by atoms with Crippen molar-refractivity contribution in [1.82, 2.24) is 19.6 Å². The van der Waals surface area contributed by atoms with Gasteiger partial charge in [-0.15, -0.1) is 0 Å². The number of hydrogen-bond donors (Lipinski definition) is 2. The zero-order valence-corrected chi connectivity index (χ0v) is 25.5. The first-order valence-corrected chi connectivity index (χ1v) is 16.0. The Hall–Kier alpha value is -3.24. The number of anilines is 2. The average Bonchev–Trinajstić information content (AvgIpc) is 3.45. The van der Waals surface area contributed by atoms with Crippen LogP contribution < -0.4 is 15.5 Å². The molecule has 0 unspecified atom stereocenters. The number of carbonyl (C=O) groups excluding carboxylic acids is 1. The average molecular weight is 579 g/mol. The summed E-state index contributed by atoms with van der Waals surface area (Å²) >= 11 is 0. The highest BCUT2D eigenvalue weighted by molar-refractivity contribution is 7.89. The van der Waals surface area contributed by atoms with Gasteiger partial charge in [0, 0.05) is 38.1 Å². The van der Waals surface area contributed by atoms with Crippen molar-refractivity contribution in [2.75, 3.05) is 30.9 Å². The van der Waals surface area contributed by atoms with Crippen LogP contribution in [0.4, 0.5) is 11.8 Å². The lowest BCUT2D eigenvalue weighted by Crippen LogP contribution is -2.50. The molecule has 2 fully saturated rings. The molecular formula is C31H42N6O3S. The molecule has 5 rings (SSSR count). The van der Waals surface area contributed by atoms with Crippen LogP contribution in [0.15, 0.2) is 53.4 Å². The Labute approximate surface area is 243 Å². The molecule has 1 amide bonds. The molecule has 3 aromatic rings. The predicted molar refractivity (Wildman–Crippen MR) is 164 cm³/mol. The van der Waals surface area contributed by atoms with Crippen molar-refractivity contribution in [3.05, 3.63) is 54.1 Å². The highest BCUT2D eigenvalue weighted by Gasteiger charge is 2.40. The quantitative estimate of drug-likeness (QED) is 0.419. The number of rotatable bonds is 7. The number of sulfonamides is 1. The number of nitrogens with zero attached hydrogens (tertiary/aromatic N) is 4. The summed E-state index contributed by atoms with van der Waals surface area (Å²) in [7, 11) is 0.196. The summed E-state index contributed by atoms with van der Waals surface area (Å²) in [6, 6.07) is 14.6. The number of nitrogens with one attached hydrogen (secondary N) is 2. The lowest BCUT2D eigenvalue weighted by Gasteiger charge is -2.31. The molecule has 2 heterocycles. The van der Waals surface area contributed by atoms with Crippen LogP contribution in [0.5, 0.6) is 0 Å². The van der Waals surface area contributed by atoms with E-state index in [-0.39, 0.29) is 28.3 Å². The Morgan fingerprint density at radius 3 is 2.24 bits per heavy atom. The van der Waals surface area contributed by atoms with E-state index in [4.69, 9.17) is 9.97 Å². The molecule has 220 valence electrons. The van der Waals surface area contributed by atoms with Gasteiger partial charge in [-0.25, -0.2) is 13.4 Å². The van der Waals surface area contributed by atoms with Gasteiger partial charge in [-0.05, 0) is 73.8 Å². The number of fused-ring (bicyclic) bond motifs is 1. The molecule has 2 N–H and O–H groups in total. The zero-order chi connectivity index (χ0) is 29.4. The van der Waals surface area contributed by atoms with E-state index in [2.05, 4.69) is 31.4 Å². The SMILES string of the molecule is CN(C)c1nc(NC2CCC(NC(=O)[C@@H]3CCCN3S(=O)(=O)c3ccc(C(C)(C)C)cc3)CC2)nc2ccccc12. The second-order valence-electron chi connectivity index (χ2n) is 12.5. The second kappa shape index (κ2) is 11.6. The first kappa shape index (κ1) is 29.3. The molecule has 1 aliphatic heterocycles. The molecule has 1 aromatic heterocycles. The Bertz CT molecular complexity index is 1490. The molecule has 1 aliphatic carbocycles. The Morgan fingerprint density at radius 1 is 0.927 bits per heavy atom. The highest BCUT2D eigenvalue weighted by Crippen LogP contribution is 2.30. The van der Waals surface area contributed by atoms with Crippen molar-refractivity contribution in [3.8, 4) is 0 Å². The second-order valence-corrected chi connectivity index (χ2v) is 14.4. The summed E-state index contributed by atoms with van der Waals surface area (Å²) < 4.78 is 28.4. The van der Waals surface area contributed by atoms with Crippen LogP contribution in [0.3, 0.4) is 0 Å². The van der Waals surface area contributed by atoms with Crippen LogP contribution in [0.1, 0.15) is 64.9 Å². The standard InChI is InChI=1S/C31H42N6O3S/c1-31(2,3)21-12-18-24(19-13-21)41(39,40)37-20-8-11-27(37)29(38)32-22-14-16-23(17-15-22)33-30-34-26-10-7-6-9-25(26)28(35-30)36(4)5/h6-7,9-10,12-13,18-19,22-23,27H,8,11,14-17,20H2,1-5H3,(H,32,38)(H,33,34,35)/t22?,23?,27-/m0/s1. The maximum Gasteiger partial charge on any atom is 0.243 e. The molecule has 2 aliphatic rings. The van der Waals surface area contributed by atoms with Crippen molar-refractivity contribution in [3.63, 3.8) is 0 Å². The summed E-state index contributed by atoms with van der Waals surface area (Å²) in [5.74, 6) is 1.30. The number of aromatic nitrogens is 2. The van der Waals surface area contributed by atoms with E-state index in [0.717, 1.165) is 48.0 Å². The minimum Gasteiger partial charge on any atom is -0.362 e. The molecule has 0 radical (unpaired) electrons. The normalized spacial score (nSPS) is 22.0. The minimum absolute atomic E-state index is 0.0200. The minimum atomic E-state index is -3.76. The van der Waals surface area contributed by atoms with Crippen LogP contribution in [-0.2, 0) is 20.2 Å². The van der Waals surface area contributed by atoms with E-state index in [9.17, 15) is 13.2 Å². The fraction of sp³-hybridized carbons (Fsp3) is 0.516. The maximum absolute atomic E-state index is 13.5. The lowest BCUT2D eigenvalue weighted by molar-refractivity contribution is -0.125. The zero-order valence-electron chi connectivity index (χ0n) is 24.7. The Morgan fingerprint density at radius 2 is 1.59 bits per heavy atom. The predicted octanol–water partition coefficient (Wildman–Crippen LogP) is 4.69. The Balaban J connectivity index is 1.19. The van der Waals surface area contributed by atoms with E-state index in [0.29, 0.717) is 25.3 Å². The van der Waals surface area contributed by atoms with Gasteiger partial charge in [-0.2, -0.15) is 9.29 Å². The van der Waals surface area contributed by atoms with Crippen LogP contribution in [0.2, 0.25) is 0 Å². The molecule has 1 saturated heterocycles. The number of carbonyl (C=O) groups is 1. The molecule has 10 heteroatoms. The maximum atomic E-state index is 13.5. The van der Waals surface area contributed by atoms with Crippen LogP contribution in [0, 0.1) is 0 Å². The highest BCUT2D eigenvalue weighted by atomic mass is 32.2. The van der Waals surface area contributed by atoms with Gasteiger partial charge in [-0.1, -0.05) is 45.0 Å². The summed E-state index contributed by atoms with van der Waals surface area (Å²) in [6.07, 6.45) is 4.57. The lowest BCUT2D eigenvalue weighted by atomic mass is 9.87. The number of para-hydroxylation sites is 1. The third-order valence-corrected chi connectivity index (χ3v) is 10.2. The van der Waals surface area contributed by atoms with Crippen LogP contribution in [-0.4, -0.2) is 67.4 Å². The third kappa shape index (κ3) is 6.33. The van der Waals surface area contributed by atoms with E-state index in [1.165, 1.54) is 4.31 Å². The van der Waals surface area contributed by atoms with Gasteiger partial charge in [0.05, 0.1) is 10.4 Å². The molecular weight excluding hydrogens is 536 g/mol. The summed E-state index contributed by atoms with van der Waals surface area (Å²) in [5, 5.41) is 7.68. The summed E-state index contributed by atoms with van der Waals surface area (Å²) in [4.78, 5) is 25.0. The molecule has 9 nitrogen and oxygen atoms in total. The van der Waals surface area contributed by atoms with Gasteiger partial charge >= 0.3 is 0 Å². The molecule has 0 spiro atoms. The van der Waals surface area contributed by atoms with Gasteiger partial charge in [0.25, 0.3) is 0 Å². The fourth-order valence-corrected chi connectivity index (χ4v) is 7.54. The molecule has 1 atom stereocenters. The number of benzene rings is 2. The van der Waals surface area contributed by atoms with Crippen molar-refractivity contribution in [2.45, 2.75) is 87.7 Å². The number of hydrogen-bond acceptors (Lipinski definition) is 7. The van der Waals surface area contributed by atoms with Gasteiger partial charge < -0.3 is 15.5 Å². The van der Waals surface area contributed by atoms with E-state index < -0.39 is 16.1 Å². The van der Waals surface area contributed by atoms with Crippen molar-refractivity contribution < 1.29 is 13.2 Å². The molecule has 1 saturated carbocycles. The monoisotopic (exact) mass is 578 g/mol. The first-order chi connectivity index (χ1) is 19.4. The fourth-order valence-electron chi connectivity index (χ4n) is 5.88. The summed E-state index contributed by atoms with van der Waals surface area (Å²) in [6.45, 7) is 6.65. The van der Waals surface area contributed by atoms with Crippen LogP contribution >= 0.6 is 0 Å². The topological polar surface area (TPSA) is 108 Å². The third-order valence-electron chi connectivity index (χ3n) is 8.25. The first-order valence-electron chi connectivity index (χ1n) is 14.6. The Kier molecular flexibility index (Phi) is 8.25. The van der Waals surface area contributed by atoms with Gasteiger partial charge in [0.15, 0.2) is 0 Å². The van der Waals surface area contributed by atoms with Crippen LogP contribution in [0.25, 0.3) is 10.9 Å². The van der Waals surface area contributed by atoms with Crippen molar-refractivity contribution >= 4 is 38.6 Å². The molecule has 2 aromatic carbocycles. The smallest absolute Gasteiger partial charge is 0.243 e.